The molecule has 1 aliphatic carbocycles. The highest BCUT2D eigenvalue weighted by Crippen LogP contribution is 2.31. The van der Waals surface area contributed by atoms with E-state index in [9.17, 15) is 4.79 Å². The summed E-state index contributed by atoms with van der Waals surface area (Å²) >= 11 is 0. The van der Waals surface area contributed by atoms with Crippen molar-refractivity contribution in [1.82, 2.24) is 4.98 Å². The first-order chi connectivity index (χ1) is 8.29. The van der Waals surface area contributed by atoms with Crippen LogP contribution in [0.5, 0.6) is 0 Å². The summed E-state index contributed by atoms with van der Waals surface area (Å²) in [4.78, 5) is 16.3. The average molecular weight is 231 g/mol. The maximum absolute atomic E-state index is 12.2. The van der Waals surface area contributed by atoms with Gasteiger partial charge < -0.3 is 0 Å². The van der Waals surface area contributed by atoms with Crippen molar-refractivity contribution in [2.45, 2.75) is 45.4 Å². The summed E-state index contributed by atoms with van der Waals surface area (Å²) in [5, 5.41) is 0. The Hall–Kier alpha value is -1.18. The normalized spacial score (nSPS) is 24.5. The first-order valence-corrected chi connectivity index (χ1v) is 6.71. The van der Waals surface area contributed by atoms with E-state index in [2.05, 4.69) is 11.9 Å². The molecule has 92 valence electrons. The molecule has 2 rings (SSSR count). The van der Waals surface area contributed by atoms with Gasteiger partial charge in [-0.3, -0.25) is 9.78 Å². The maximum Gasteiger partial charge on any atom is 0.140 e. The summed E-state index contributed by atoms with van der Waals surface area (Å²) in [5.74, 6) is 1.48. The Morgan fingerprint density at radius 2 is 2.35 bits per heavy atom. The highest BCUT2D eigenvalue weighted by Gasteiger charge is 2.25. The van der Waals surface area contributed by atoms with Gasteiger partial charge in [0.2, 0.25) is 0 Å². The van der Waals surface area contributed by atoms with Crippen LogP contribution in [0.2, 0.25) is 0 Å². The zero-order valence-electron chi connectivity index (χ0n) is 10.6. The maximum atomic E-state index is 12.2. The van der Waals surface area contributed by atoms with E-state index in [1.165, 1.54) is 19.3 Å². The smallest absolute Gasteiger partial charge is 0.140 e. The summed E-state index contributed by atoms with van der Waals surface area (Å²) in [6.07, 6.45) is 10.1. The molecule has 2 unspecified atom stereocenters. The molecule has 1 aromatic rings. The van der Waals surface area contributed by atoms with E-state index in [4.69, 9.17) is 0 Å². The Bertz CT molecular complexity index is 360. The molecule has 1 aromatic heterocycles. The Kier molecular flexibility index (Phi) is 4.29. The second-order valence-corrected chi connectivity index (χ2v) is 5.14. The van der Waals surface area contributed by atoms with Gasteiger partial charge in [-0.1, -0.05) is 32.3 Å². The number of carbonyl (C=O) groups excluding carboxylic acids is 1. The van der Waals surface area contributed by atoms with Crippen LogP contribution in [0.25, 0.3) is 0 Å². The first kappa shape index (κ1) is 12.3. The van der Waals surface area contributed by atoms with Gasteiger partial charge in [0.05, 0.1) is 0 Å². The Morgan fingerprint density at radius 3 is 3.06 bits per heavy atom. The van der Waals surface area contributed by atoms with Crippen molar-refractivity contribution in [1.29, 1.82) is 0 Å². The predicted octanol–water partition coefficient (Wildman–Crippen LogP) is 3.41. The van der Waals surface area contributed by atoms with E-state index < -0.39 is 0 Å². The predicted molar refractivity (Wildman–Crippen MR) is 68.7 cm³/mol. The summed E-state index contributed by atoms with van der Waals surface area (Å²) in [6, 6.07) is 3.89. The van der Waals surface area contributed by atoms with Crippen LogP contribution >= 0.6 is 0 Å². The van der Waals surface area contributed by atoms with Gasteiger partial charge in [-0.2, -0.15) is 0 Å². The van der Waals surface area contributed by atoms with E-state index in [1.54, 1.807) is 12.4 Å². The molecule has 17 heavy (non-hydrogen) atoms. The topological polar surface area (TPSA) is 30.0 Å². The molecule has 1 fully saturated rings. The average Bonchev–Trinajstić information content (AvgIpc) is 2.40. The van der Waals surface area contributed by atoms with E-state index in [0.717, 1.165) is 24.3 Å². The number of aromatic nitrogens is 1. The van der Waals surface area contributed by atoms with E-state index in [-0.39, 0.29) is 0 Å². The summed E-state index contributed by atoms with van der Waals surface area (Å²) in [5.41, 5.74) is 1.05. The minimum Gasteiger partial charge on any atom is -0.299 e. The molecule has 0 amide bonds. The van der Waals surface area contributed by atoms with Gasteiger partial charge in [0.15, 0.2) is 0 Å². The number of Topliss-reactive ketones (excluding diaryl/α,β-unsaturated/α-hetero) is 1. The minimum absolute atomic E-state index is 0.300. The molecule has 1 aliphatic rings. The molecule has 0 aromatic carbocycles. The molecule has 0 radical (unpaired) electrons. The van der Waals surface area contributed by atoms with Crippen LogP contribution < -0.4 is 0 Å². The van der Waals surface area contributed by atoms with Crippen molar-refractivity contribution in [3.05, 3.63) is 30.1 Å². The minimum atomic E-state index is 0.300. The molecular weight excluding hydrogens is 210 g/mol. The van der Waals surface area contributed by atoms with Crippen molar-refractivity contribution in [3.63, 3.8) is 0 Å². The van der Waals surface area contributed by atoms with E-state index in [1.807, 2.05) is 12.1 Å². The van der Waals surface area contributed by atoms with Gasteiger partial charge >= 0.3 is 0 Å². The SMILES string of the molecule is CCC1CCCC(C(=O)Cc2cccnc2)C1. The number of nitrogens with zero attached hydrogens (tertiary/aromatic N) is 1. The van der Waals surface area contributed by atoms with Crippen molar-refractivity contribution in [2.75, 3.05) is 0 Å². The monoisotopic (exact) mass is 231 g/mol. The third kappa shape index (κ3) is 3.39. The lowest BCUT2D eigenvalue weighted by molar-refractivity contribution is -0.123. The molecule has 0 bridgehead atoms. The molecule has 0 saturated heterocycles. The lowest BCUT2D eigenvalue weighted by atomic mass is 9.77. The Balaban J connectivity index is 1.91. The lowest BCUT2D eigenvalue weighted by Gasteiger charge is -2.27. The zero-order valence-corrected chi connectivity index (χ0v) is 10.6. The fourth-order valence-corrected chi connectivity index (χ4v) is 2.80. The Labute approximate surface area is 103 Å². The van der Waals surface area contributed by atoms with Crippen molar-refractivity contribution < 1.29 is 4.79 Å². The van der Waals surface area contributed by atoms with Crippen LogP contribution in [0.4, 0.5) is 0 Å². The molecule has 2 nitrogen and oxygen atoms in total. The highest BCUT2D eigenvalue weighted by atomic mass is 16.1. The zero-order chi connectivity index (χ0) is 12.1. The van der Waals surface area contributed by atoms with Crippen LogP contribution in [0.1, 0.15) is 44.6 Å². The number of hydrogen-bond donors (Lipinski definition) is 0. The van der Waals surface area contributed by atoms with Gasteiger partial charge in [0.25, 0.3) is 0 Å². The lowest BCUT2D eigenvalue weighted by Crippen LogP contribution is -2.24. The number of carbonyl (C=O) groups is 1. The van der Waals surface area contributed by atoms with Crippen LogP contribution in [-0.2, 0) is 11.2 Å². The third-order valence-corrected chi connectivity index (χ3v) is 3.92. The number of rotatable bonds is 4. The largest absolute Gasteiger partial charge is 0.299 e. The van der Waals surface area contributed by atoms with Gasteiger partial charge in [-0.05, 0) is 30.4 Å². The summed E-state index contributed by atoms with van der Waals surface area (Å²) in [6.45, 7) is 2.23. The second-order valence-electron chi connectivity index (χ2n) is 5.14. The molecule has 2 atom stereocenters. The molecular formula is C15H21NO. The fraction of sp³-hybridized carbons (Fsp3) is 0.600. The number of hydrogen-bond acceptors (Lipinski definition) is 2. The van der Waals surface area contributed by atoms with Gasteiger partial charge in [0, 0.05) is 24.7 Å². The van der Waals surface area contributed by atoms with Crippen LogP contribution in [0.3, 0.4) is 0 Å². The second kappa shape index (κ2) is 5.95. The molecule has 1 heterocycles. The summed E-state index contributed by atoms with van der Waals surface area (Å²) < 4.78 is 0. The molecule has 0 spiro atoms. The molecule has 1 saturated carbocycles. The number of pyridine rings is 1. The number of ketones is 1. The van der Waals surface area contributed by atoms with Crippen molar-refractivity contribution in [3.8, 4) is 0 Å². The third-order valence-electron chi connectivity index (χ3n) is 3.92. The van der Waals surface area contributed by atoms with Gasteiger partial charge in [-0.15, -0.1) is 0 Å². The standard InChI is InChI=1S/C15H21NO/c1-2-12-5-3-7-14(9-12)15(17)10-13-6-4-8-16-11-13/h4,6,8,11-12,14H,2-3,5,7,9-10H2,1H3. The van der Waals surface area contributed by atoms with Crippen LogP contribution in [0, 0.1) is 11.8 Å². The quantitative estimate of drug-likeness (QED) is 0.794. The van der Waals surface area contributed by atoms with Crippen molar-refractivity contribution >= 4 is 5.78 Å². The fourth-order valence-electron chi connectivity index (χ4n) is 2.80. The molecule has 0 aliphatic heterocycles. The van der Waals surface area contributed by atoms with Crippen LogP contribution in [0.15, 0.2) is 24.5 Å². The van der Waals surface area contributed by atoms with Crippen LogP contribution in [-0.4, -0.2) is 10.8 Å². The van der Waals surface area contributed by atoms with E-state index >= 15 is 0 Å². The Morgan fingerprint density at radius 1 is 1.47 bits per heavy atom. The highest BCUT2D eigenvalue weighted by molar-refractivity contribution is 5.83. The van der Waals surface area contributed by atoms with Gasteiger partial charge in [-0.25, -0.2) is 0 Å². The van der Waals surface area contributed by atoms with Gasteiger partial charge in [0.1, 0.15) is 5.78 Å². The van der Waals surface area contributed by atoms with Crippen molar-refractivity contribution in [2.24, 2.45) is 11.8 Å². The molecule has 0 N–H and O–H groups in total. The molecule has 2 heteroatoms. The summed E-state index contributed by atoms with van der Waals surface area (Å²) in [7, 11) is 0. The van der Waals surface area contributed by atoms with E-state index in [0.29, 0.717) is 18.1 Å². The first-order valence-electron chi connectivity index (χ1n) is 6.71.